The van der Waals surface area contributed by atoms with Crippen molar-refractivity contribution in [1.29, 1.82) is 0 Å². The number of hydrogen-bond acceptors (Lipinski definition) is 4. The van der Waals surface area contributed by atoms with Gasteiger partial charge >= 0.3 is 0 Å². The molecule has 0 spiro atoms. The number of hydrogen-bond donors (Lipinski definition) is 3. The van der Waals surface area contributed by atoms with Crippen molar-refractivity contribution in [2.24, 2.45) is 0 Å². The zero-order valence-electron chi connectivity index (χ0n) is 14.9. The van der Waals surface area contributed by atoms with Gasteiger partial charge in [-0.25, -0.2) is 0 Å². The van der Waals surface area contributed by atoms with E-state index in [0.29, 0.717) is 6.54 Å². The lowest BCUT2D eigenvalue weighted by Crippen LogP contribution is -2.31. The van der Waals surface area contributed by atoms with E-state index < -0.39 is 0 Å². The molecule has 2 aromatic rings. The van der Waals surface area contributed by atoms with Gasteiger partial charge in [0.25, 0.3) is 11.5 Å². The van der Waals surface area contributed by atoms with Gasteiger partial charge in [0.15, 0.2) is 0 Å². The van der Waals surface area contributed by atoms with Crippen molar-refractivity contribution in [3.05, 3.63) is 62.3 Å². The van der Waals surface area contributed by atoms with Crippen LogP contribution in [0.4, 0.5) is 0 Å². The van der Waals surface area contributed by atoms with Crippen LogP contribution in [0.25, 0.3) is 0 Å². The second kappa shape index (κ2) is 7.19. The molecule has 3 heterocycles. The molecule has 0 aliphatic carbocycles. The Labute approximate surface area is 147 Å². The van der Waals surface area contributed by atoms with Crippen molar-refractivity contribution in [1.82, 2.24) is 20.6 Å². The molecule has 3 rings (SSSR count). The van der Waals surface area contributed by atoms with Crippen LogP contribution in [-0.2, 0) is 19.5 Å². The summed E-state index contributed by atoms with van der Waals surface area (Å²) in [6.45, 7) is 8.05. The normalized spacial score (nSPS) is 13.6. The molecule has 25 heavy (non-hydrogen) atoms. The van der Waals surface area contributed by atoms with E-state index in [1.54, 1.807) is 12.1 Å². The first-order valence-corrected chi connectivity index (χ1v) is 8.65. The van der Waals surface area contributed by atoms with Gasteiger partial charge in [-0.1, -0.05) is 13.8 Å². The molecular formula is C19H24N4O2. The van der Waals surface area contributed by atoms with Crippen LogP contribution in [0.5, 0.6) is 0 Å². The average Bonchev–Trinajstić information content (AvgIpc) is 2.60. The molecule has 0 unspecified atom stereocenters. The van der Waals surface area contributed by atoms with Gasteiger partial charge in [-0.2, -0.15) is 0 Å². The lowest BCUT2D eigenvalue weighted by Gasteiger charge is -2.21. The predicted octanol–water partition coefficient (Wildman–Crippen LogP) is 1.78. The number of pyridine rings is 2. The number of nitrogens with zero attached hydrogens (tertiary/aromatic N) is 1. The fourth-order valence-corrected chi connectivity index (χ4v) is 3.15. The van der Waals surface area contributed by atoms with Crippen molar-refractivity contribution < 1.29 is 4.79 Å². The molecule has 0 bridgehead atoms. The summed E-state index contributed by atoms with van der Waals surface area (Å²) in [6.07, 6.45) is 2.82. The smallest absolute Gasteiger partial charge is 0.261 e. The number of carbonyl (C=O) groups excluding carboxylic acids is 1. The van der Waals surface area contributed by atoms with Crippen LogP contribution in [-0.4, -0.2) is 22.4 Å². The van der Waals surface area contributed by atoms with Gasteiger partial charge in [0.2, 0.25) is 0 Å². The highest BCUT2D eigenvalue weighted by atomic mass is 16.2. The Morgan fingerprint density at radius 1 is 1.36 bits per heavy atom. The Hall–Kier alpha value is -2.47. The molecule has 1 aliphatic rings. The maximum absolute atomic E-state index is 12.4. The van der Waals surface area contributed by atoms with Crippen molar-refractivity contribution in [3.8, 4) is 0 Å². The number of nitrogens with one attached hydrogen (secondary N) is 3. The number of rotatable bonds is 4. The Morgan fingerprint density at radius 2 is 2.16 bits per heavy atom. The molecule has 0 aromatic carbocycles. The van der Waals surface area contributed by atoms with Crippen LogP contribution in [0.3, 0.4) is 0 Å². The minimum absolute atomic E-state index is 0.140. The van der Waals surface area contributed by atoms with Gasteiger partial charge in [-0.05, 0) is 54.6 Å². The highest BCUT2D eigenvalue weighted by molar-refractivity contribution is 5.93. The minimum Gasteiger partial charge on any atom is -0.348 e. The van der Waals surface area contributed by atoms with E-state index in [4.69, 9.17) is 0 Å². The number of H-pyrrole nitrogens is 1. The standard InChI is InChI=1S/C19H24N4O2/c1-11(2)17-5-4-15(19(25)23-17)18(24)22-10-16-12(3)21-9-13-8-20-7-6-14(13)16/h4-5,9,11,20H,6-8,10H2,1-3H3,(H,22,24)(H,23,25). The van der Waals surface area contributed by atoms with Gasteiger partial charge in [0.05, 0.1) is 0 Å². The van der Waals surface area contributed by atoms with Gasteiger partial charge in [-0.3, -0.25) is 14.6 Å². The van der Waals surface area contributed by atoms with Gasteiger partial charge in [0, 0.05) is 30.7 Å². The van der Waals surface area contributed by atoms with Crippen molar-refractivity contribution >= 4 is 5.91 Å². The molecule has 1 amide bonds. The summed E-state index contributed by atoms with van der Waals surface area (Å²) in [7, 11) is 0. The summed E-state index contributed by atoms with van der Waals surface area (Å²) in [5, 5.41) is 6.20. The highest BCUT2D eigenvalue weighted by Gasteiger charge is 2.17. The van der Waals surface area contributed by atoms with Gasteiger partial charge in [0.1, 0.15) is 5.56 Å². The van der Waals surface area contributed by atoms with Crippen molar-refractivity contribution in [2.45, 2.75) is 46.2 Å². The monoisotopic (exact) mass is 340 g/mol. The van der Waals surface area contributed by atoms with Crippen LogP contribution in [0.1, 0.15) is 58.2 Å². The lowest BCUT2D eigenvalue weighted by atomic mass is 9.96. The summed E-state index contributed by atoms with van der Waals surface area (Å²) in [5.74, 6) is -0.148. The molecule has 0 radical (unpaired) electrons. The summed E-state index contributed by atoms with van der Waals surface area (Å²) >= 11 is 0. The van der Waals surface area contributed by atoms with Crippen LogP contribution < -0.4 is 16.2 Å². The van der Waals surface area contributed by atoms with Crippen LogP contribution in [0.2, 0.25) is 0 Å². The number of aromatic nitrogens is 2. The lowest BCUT2D eigenvalue weighted by molar-refractivity contribution is 0.0949. The number of carbonyl (C=O) groups is 1. The van der Waals surface area contributed by atoms with Crippen LogP contribution >= 0.6 is 0 Å². The van der Waals surface area contributed by atoms with Gasteiger partial charge in [-0.15, -0.1) is 0 Å². The van der Waals surface area contributed by atoms with E-state index in [1.165, 1.54) is 11.1 Å². The fourth-order valence-electron chi connectivity index (χ4n) is 3.15. The van der Waals surface area contributed by atoms with E-state index >= 15 is 0 Å². The second-order valence-corrected chi connectivity index (χ2v) is 6.75. The Balaban J connectivity index is 1.78. The largest absolute Gasteiger partial charge is 0.348 e. The Kier molecular flexibility index (Phi) is 4.99. The Bertz CT molecular complexity index is 855. The van der Waals surface area contributed by atoms with Gasteiger partial charge < -0.3 is 15.6 Å². The molecule has 2 aromatic heterocycles. The van der Waals surface area contributed by atoms with E-state index in [0.717, 1.165) is 36.5 Å². The summed E-state index contributed by atoms with van der Waals surface area (Å²) in [6, 6.07) is 3.39. The molecule has 0 saturated heterocycles. The van der Waals surface area contributed by atoms with Crippen LogP contribution in [0, 0.1) is 6.92 Å². The molecule has 1 aliphatic heterocycles. The molecule has 0 fully saturated rings. The zero-order chi connectivity index (χ0) is 18.0. The fraction of sp³-hybridized carbons (Fsp3) is 0.421. The SMILES string of the molecule is Cc1ncc2c(c1CNC(=O)c1ccc(C(C)C)[nH]c1=O)CCNC2. The predicted molar refractivity (Wildman–Crippen MR) is 96.7 cm³/mol. The molecular weight excluding hydrogens is 316 g/mol. The molecule has 0 saturated carbocycles. The summed E-state index contributed by atoms with van der Waals surface area (Å²) in [4.78, 5) is 31.8. The first-order chi connectivity index (χ1) is 12.0. The van der Waals surface area contributed by atoms with Crippen molar-refractivity contribution in [2.75, 3.05) is 6.54 Å². The average molecular weight is 340 g/mol. The molecule has 6 nitrogen and oxygen atoms in total. The third-order valence-corrected chi connectivity index (χ3v) is 4.69. The maximum Gasteiger partial charge on any atom is 0.261 e. The van der Waals surface area contributed by atoms with E-state index in [2.05, 4.69) is 20.6 Å². The number of amides is 1. The quantitative estimate of drug-likeness (QED) is 0.792. The minimum atomic E-state index is -0.359. The molecule has 3 N–H and O–H groups in total. The molecule has 0 atom stereocenters. The highest BCUT2D eigenvalue weighted by Crippen LogP contribution is 2.20. The second-order valence-electron chi connectivity index (χ2n) is 6.75. The third kappa shape index (κ3) is 3.64. The van der Waals surface area contributed by atoms with Crippen molar-refractivity contribution in [3.63, 3.8) is 0 Å². The first kappa shape index (κ1) is 17.4. The number of aromatic amines is 1. The van der Waals surface area contributed by atoms with E-state index in [1.807, 2.05) is 27.0 Å². The molecule has 132 valence electrons. The zero-order valence-corrected chi connectivity index (χ0v) is 14.9. The topological polar surface area (TPSA) is 86.9 Å². The van der Waals surface area contributed by atoms with Crippen LogP contribution in [0.15, 0.2) is 23.1 Å². The summed E-state index contributed by atoms with van der Waals surface area (Å²) in [5.41, 5.74) is 5.04. The maximum atomic E-state index is 12.4. The molecule has 6 heteroatoms. The van der Waals surface area contributed by atoms with E-state index in [9.17, 15) is 9.59 Å². The first-order valence-electron chi connectivity index (χ1n) is 8.65. The van der Waals surface area contributed by atoms with E-state index in [-0.39, 0.29) is 22.9 Å². The summed E-state index contributed by atoms with van der Waals surface area (Å²) < 4.78 is 0. The number of fused-ring (bicyclic) bond motifs is 1. The Morgan fingerprint density at radius 3 is 2.88 bits per heavy atom. The third-order valence-electron chi connectivity index (χ3n) is 4.69. The number of aryl methyl sites for hydroxylation is 1.